The molecule has 1 amide bonds. The average molecular weight is 340 g/mol. The summed E-state index contributed by atoms with van der Waals surface area (Å²) in [6, 6.07) is 9.02. The minimum atomic E-state index is 0.203. The van der Waals surface area contributed by atoms with Crippen molar-refractivity contribution in [1.29, 1.82) is 0 Å². The molecule has 1 N–H and O–H groups in total. The highest BCUT2D eigenvalue weighted by Gasteiger charge is 2.22. The number of amides is 1. The fourth-order valence-corrected chi connectivity index (χ4v) is 3.55. The Morgan fingerprint density at radius 2 is 2.08 bits per heavy atom. The number of nitrogens with one attached hydrogen (secondary N) is 1. The monoisotopic (exact) mass is 340 g/mol. The van der Waals surface area contributed by atoms with Crippen molar-refractivity contribution in [3.63, 3.8) is 0 Å². The number of nitrogens with zero attached hydrogens (tertiary/aromatic N) is 3. The van der Waals surface area contributed by atoms with Crippen molar-refractivity contribution in [3.05, 3.63) is 42.2 Å². The van der Waals surface area contributed by atoms with Crippen molar-refractivity contribution < 1.29 is 4.79 Å². The van der Waals surface area contributed by atoms with Crippen LogP contribution >= 0.6 is 0 Å². The Balaban J connectivity index is 1.70. The normalized spacial score (nSPS) is 19.6. The van der Waals surface area contributed by atoms with Crippen molar-refractivity contribution in [2.24, 2.45) is 0 Å². The number of fused-ring (bicyclic) bond motifs is 1. The number of pyridine rings is 1. The summed E-state index contributed by atoms with van der Waals surface area (Å²) in [6.07, 6.45) is 5.95. The van der Waals surface area contributed by atoms with Crippen LogP contribution in [0.1, 0.15) is 25.3 Å². The number of carbonyl (C=O) groups is 1. The molecule has 134 valence electrons. The Morgan fingerprint density at radius 3 is 2.92 bits per heavy atom. The molecule has 0 unspecified atom stereocenters. The molecule has 0 bridgehead atoms. The Kier molecular flexibility index (Phi) is 6.00. The second-order valence-electron chi connectivity index (χ2n) is 6.95. The van der Waals surface area contributed by atoms with Crippen LogP contribution in [0.5, 0.6) is 0 Å². The first kappa shape index (κ1) is 17.8. The number of benzene rings is 1. The third-order valence-corrected chi connectivity index (χ3v) is 5.00. The molecule has 1 aromatic carbocycles. The maximum absolute atomic E-state index is 12.3. The molecule has 2 aromatic rings. The summed E-state index contributed by atoms with van der Waals surface area (Å²) < 4.78 is 0. The molecule has 0 spiro atoms. The van der Waals surface area contributed by atoms with Crippen LogP contribution in [-0.2, 0) is 11.3 Å². The molecule has 5 nitrogen and oxygen atoms in total. The van der Waals surface area contributed by atoms with E-state index in [1.807, 2.05) is 24.3 Å². The van der Waals surface area contributed by atoms with Gasteiger partial charge in [-0.05, 0) is 56.4 Å². The lowest BCUT2D eigenvalue weighted by Crippen LogP contribution is -2.48. The van der Waals surface area contributed by atoms with Gasteiger partial charge in [0.2, 0.25) is 5.91 Å². The Hall–Kier alpha value is -1.98. The summed E-state index contributed by atoms with van der Waals surface area (Å²) in [6.45, 7) is 6.35. The number of hydrogen-bond donors (Lipinski definition) is 1. The second kappa shape index (κ2) is 8.41. The first-order valence-electron chi connectivity index (χ1n) is 9.16. The molecule has 25 heavy (non-hydrogen) atoms. The fraction of sp³-hybridized carbons (Fsp3) is 0.500. The van der Waals surface area contributed by atoms with E-state index in [2.05, 4.69) is 46.4 Å². The number of hydrogen-bond acceptors (Lipinski definition) is 4. The molecule has 3 rings (SSSR count). The lowest BCUT2D eigenvalue weighted by molar-refractivity contribution is -0.131. The van der Waals surface area contributed by atoms with Crippen molar-refractivity contribution >= 4 is 16.7 Å². The maximum Gasteiger partial charge on any atom is 0.236 e. The number of rotatable bonds is 4. The van der Waals surface area contributed by atoms with Crippen LogP contribution < -0.4 is 5.32 Å². The van der Waals surface area contributed by atoms with Crippen LogP contribution in [0, 0.1) is 0 Å². The molecular formula is C20H28N4O. The highest BCUT2D eigenvalue weighted by Crippen LogP contribution is 2.18. The van der Waals surface area contributed by atoms with Gasteiger partial charge in [-0.15, -0.1) is 0 Å². The summed E-state index contributed by atoms with van der Waals surface area (Å²) in [4.78, 5) is 21.0. The molecule has 0 saturated carbocycles. The molecular weight excluding hydrogens is 312 g/mol. The van der Waals surface area contributed by atoms with E-state index >= 15 is 0 Å². The van der Waals surface area contributed by atoms with E-state index in [0.717, 1.165) is 39.0 Å². The van der Waals surface area contributed by atoms with Crippen molar-refractivity contribution in [2.75, 3.05) is 33.2 Å². The Labute approximate surface area is 150 Å². The quantitative estimate of drug-likeness (QED) is 0.928. The minimum Gasteiger partial charge on any atom is -0.340 e. The van der Waals surface area contributed by atoms with Gasteiger partial charge in [0.05, 0.1) is 6.54 Å². The van der Waals surface area contributed by atoms with E-state index in [4.69, 9.17) is 0 Å². The zero-order chi connectivity index (χ0) is 17.6. The first-order chi connectivity index (χ1) is 12.2. The van der Waals surface area contributed by atoms with E-state index in [0.29, 0.717) is 12.6 Å². The summed E-state index contributed by atoms with van der Waals surface area (Å²) in [5.74, 6) is 0.203. The molecule has 0 aliphatic carbocycles. The molecule has 1 aliphatic rings. The highest BCUT2D eigenvalue weighted by atomic mass is 16.2. The summed E-state index contributed by atoms with van der Waals surface area (Å²) in [7, 11) is 1.83. The van der Waals surface area contributed by atoms with Crippen molar-refractivity contribution in [1.82, 2.24) is 20.1 Å². The van der Waals surface area contributed by atoms with Gasteiger partial charge in [0.1, 0.15) is 0 Å². The zero-order valence-electron chi connectivity index (χ0n) is 15.2. The SMILES string of the molecule is CNCC(=O)N1CCCCN(Cc2ccc3cnccc3c2)[C@H](C)C1. The van der Waals surface area contributed by atoms with Gasteiger partial charge >= 0.3 is 0 Å². The molecule has 1 fully saturated rings. The average Bonchev–Trinajstić information content (AvgIpc) is 2.61. The van der Waals surface area contributed by atoms with Gasteiger partial charge in [-0.1, -0.05) is 12.1 Å². The predicted octanol–water partition coefficient (Wildman–Crippen LogP) is 2.27. The van der Waals surface area contributed by atoms with Gasteiger partial charge in [0, 0.05) is 43.5 Å². The zero-order valence-corrected chi connectivity index (χ0v) is 15.2. The topological polar surface area (TPSA) is 48.5 Å². The van der Waals surface area contributed by atoms with Gasteiger partial charge in [-0.25, -0.2) is 0 Å². The lowest BCUT2D eigenvalue weighted by atomic mass is 10.1. The van der Waals surface area contributed by atoms with Crippen LogP contribution in [0.2, 0.25) is 0 Å². The van der Waals surface area contributed by atoms with Crippen LogP contribution in [-0.4, -0.2) is 60.0 Å². The summed E-state index contributed by atoms with van der Waals surface area (Å²) in [5, 5.41) is 5.38. The molecule has 2 heterocycles. The van der Waals surface area contributed by atoms with E-state index in [9.17, 15) is 4.79 Å². The number of aromatic nitrogens is 1. The molecule has 1 atom stereocenters. The van der Waals surface area contributed by atoms with Gasteiger partial charge in [0.25, 0.3) is 0 Å². The van der Waals surface area contributed by atoms with Crippen LogP contribution in [0.25, 0.3) is 10.8 Å². The number of carbonyl (C=O) groups excluding carboxylic acids is 1. The number of likely N-dealkylation sites (N-methyl/N-ethyl adjacent to an activating group) is 1. The Bertz CT molecular complexity index is 718. The lowest BCUT2D eigenvalue weighted by Gasteiger charge is -2.36. The van der Waals surface area contributed by atoms with Crippen LogP contribution in [0.3, 0.4) is 0 Å². The molecule has 1 aliphatic heterocycles. The third kappa shape index (κ3) is 4.55. The summed E-state index contributed by atoms with van der Waals surface area (Å²) in [5.41, 5.74) is 1.32. The largest absolute Gasteiger partial charge is 0.340 e. The second-order valence-corrected chi connectivity index (χ2v) is 6.95. The van der Waals surface area contributed by atoms with Crippen molar-refractivity contribution in [3.8, 4) is 0 Å². The van der Waals surface area contributed by atoms with Gasteiger partial charge in [-0.3, -0.25) is 14.7 Å². The predicted molar refractivity (Wildman–Crippen MR) is 101 cm³/mol. The van der Waals surface area contributed by atoms with E-state index in [-0.39, 0.29) is 5.91 Å². The van der Waals surface area contributed by atoms with Crippen LogP contribution in [0.4, 0.5) is 0 Å². The first-order valence-corrected chi connectivity index (χ1v) is 9.16. The van der Waals surface area contributed by atoms with Gasteiger partial charge in [-0.2, -0.15) is 0 Å². The van der Waals surface area contributed by atoms with Crippen LogP contribution in [0.15, 0.2) is 36.7 Å². The van der Waals surface area contributed by atoms with E-state index in [1.54, 1.807) is 0 Å². The standard InChI is InChI=1S/C20H28N4O/c1-16-14-24(20(25)13-21-2)10-4-3-9-23(16)15-17-5-6-19-12-22-8-7-18(19)11-17/h5-8,11-12,16,21H,3-4,9-10,13-15H2,1-2H3/t16-/m1/s1. The van der Waals surface area contributed by atoms with Crippen molar-refractivity contribution in [2.45, 2.75) is 32.4 Å². The van der Waals surface area contributed by atoms with Gasteiger partial charge < -0.3 is 10.2 Å². The molecule has 5 heteroatoms. The Morgan fingerprint density at radius 1 is 1.24 bits per heavy atom. The molecule has 0 radical (unpaired) electrons. The maximum atomic E-state index is 12.3. The van der Waals surface area contributed by atoms with Gasteiger partial charge in [0.15, 0.2) is 0 Å². The highest BCUT2D eigenvalue weighted by molar-refractivity contribution is 5.82. The smallest absolute Gasteiger partial charge is 0.236 e. The minimum absolute atomic E-state index is 0.203. The van der Waals surface area contributed by atoms with E-state index < -0.39 is 0 Å². The molecule has 1 saturated heterocycles. The van der Waals surface area contributed by atoms with E-state index in [1.165, 1.54) is 16.3 Å². The third-order valence-electron chi connectivity index (χ3n) is 5.00. The summed E-state index contributed by atoms with van der Waals surface area (Å²) >= 11 is 0. The fourth-order valence-electron chi connectivity index (χ4n) is 3.55. The molecule has 1 aromatic heterocycles.